The average molecular weight is 502 g/mol. The van der Waals surface area contributed by atoms with Crippen LogP contribution in [0, 0.1) is 12.7 Å². The zero-order valence-corrected chi connectivity index (χ0v) is 21.4. The van der Waals surface area contributed by atoms with Gasteiger partial charge >= 0.3 is 0 Å². The van der Waals surface area contributed by atoms with Crippen molar-refractivity contribution >= 4 is 11.8 Å². The molecule has 6 nitrogen and oxygen atoms in total. The average Bonchev–Trinajstić information content (AvgIpc) is 3.13. The number of benzene rings is 3. The van der Waals surface area contributed by atoms with Gasteiger partial charge in [0.2, 0.25) is 0 Å². The molecule has 1 aliphatic carbocycles. The summed E-state index contributed by atoms with van der Waals surface area (Å²) in [6, 6.07) is 20.3. The van der Waals surface area contributed by atoms with Gasteiger partial charge in [-0.3, -0.25) is 25.3 Å². The maximum Gasteiger partial charge on any atom is 0.269 e. The van der Waals surface area contributed by atoms with E-state index in [4.69, 9.17) is 4.74 Å². The number of halogens is 1. The van der Waals surface area contributed by atoms with Gasteiger partial charge in [-0.05, 0) is 86.6 Å². The Hall–Kier alpha value is -3.55. The molecule has 3 aromatic carbocycles. The van der Waals surface area contributed by atoms with Gasteiger partial charge in [0, 0.05) is 17.7 Å². The van der Waals surface area contributed by atoms with Gasteiger partial charge in [-0.15, -0.1) is 0 Å². The molecule has 5 rings (SSSR count). The number of amides is 2. The van der Waals surface area contributed by atoms with Crippen molar-refractivity contribution in [2.24, 2.45) is 0 Å². The standard InChI is InChI=1S/C30H32FN3O3/c1-20-9-10-24(16-26(20)31)28(36)33-32-27(35)23-12-11-22-13-14-30(17-25(22)15-23)19-37-29(2,3)34(30)18-21-7-5-4-6-8-21/h4-12,15-16H,13-14,17-19H2,1-3H3,(H,32,35)(H,33,36)/t30-/m0/s1. The second kappa shape index (κ2) is 9.72. The van der Waals surface area contributed by atoms with E-state index in [1.165, 1.54) is 23.3 Å². The van der Waals surface area contributed by atoms with Gasteiger partial charge in [-0.2, -0.15) is 0 Å². The molecule has 2 amide bonds. The molecule has 2 aliphatic rings. The number of fused-ring (bicyclic) bond motifs is 1. The van der Waals surface area contributed by atoms with Crippen LogP contribution in [0.1, 0.15) is 63.2 Å². The lowest BCUT2D eigenvalue weighted by Crippen LogP contribution is -2.54. The summed E-state index contributed by atoms with van der Waals surface area (Å²) in [5.74, 6) is -1.47. The number of hydrogen-bond acceptors (Lipinski definition) is 4. The second-order valence-corrected chi connectivity index (χ2v) is 10.6. The first-order valence-corrected chi connectivity index (χ1v) is 12.6. The van der Waals surface area contributed by atoms with Crippen LogP contribution >= 0.6 is 0 Å². The summed E-state index contributed by atoms with van der Waals surface area (Å²) in [5.41, 5.74) is 8.91. The quantitative estimate of drug-likeness (QED) is 0.509. The smallest absolute Gasteiger partial charge is 0.269 e. The van der Waals surface area contributed by atoms with Crippen LogP contribution < -0.4 is 10.9 Å². The molecule has 0 saturated carbocycles. The van der Waals surface area contributed by atoms with Crippen molar-refractivity contribution in [3.05, 3.63) is 106 Å². The summed E-state index contributed by atoms with van der Waals surface area (Å²) in [4.78, 5) is 27.7. The van der Waals surface area contributed by atoms with E-state index in [9.17, 15) is 14.0 Å². The van der Waals surface area contributed by atoms with Crippen molar-refractivity contribution in [1.29, 1.82) is 0 Å². The molecule has 0 unspecified atom stereocenters. The van der Waals surface area contributed by atoms with Crippen molar-refractivity contribution in [1.82, 2.24) is 15.8 Å². The van der Waals surface area contributed by atoms with Crippen molar-refractivity contribution in [3.8, 4) is 0 Å². The maximum atomic E-state index is 13.8. The molecule has 7 heteroatoms. The molecule has 0 radical (unpaired) electrons. The largest absolute Gasteiger partial charge is 0.359 e. The first kappa shape index (κ1) is 25.1. The van der Waals surface area contributed by atoms with E-state index in [-0.39, 0.29) is 11.1 Å². The molecule has 3 aromatic rings. The summed E-state index contributed by atoms with van der Waals surface area (Å²) in [7, 11) is 0. The van der Waals surface area contributed by atoms with Gasteiger partial charge in [0.15, 0.2) is 0 Å². The molecule has 1 aliphatic heterocycles. The fourth-order valence-corrected chi connectivity index (χ4v) is 5.49. The van der Waals surface area contributed by atoms with E-state index in [1.807, 2.05) is 18.2 Å². The number of nitrogens with one attached hydrogen (secondary N) is 2. The highest BCUT2D eigenvalue weighted by molar-refractivity contribution is 5.99. The van der Waals surface area contributed by atoms with Crippen molar-refractivity contribution in [2.45, 2.75) is 57.8 Å². The zero-order chi connectivity index (χ0) is 26.2. The third-order valence-electron chi connectivity index (χ3n) is 7.67. The van der Waals surface area contributed by atoms with Crippen LogP contribution in [0.3, 0.4) is 0 Å². The molecule has 37 heavy (non-hydrogen) atoms. The lowest BCUT2D eigenvalue weighted by atomic mass is 9.76. The molecule has 1 saturated heterocycles. The molecule has 1 spiro atoms. The Morgan fingerprint density at radius 3 is 2.32 bits per heavy atom. The van der Waals surface area contributed by atoms with Crippen LogP contribution in [-0.4, -0.2) is 34.6 Å². The normalized spacial score (nSPS) is 20.4. The van der Waals surface area contributed by atoms with Crippen LogP contribution in [-0.2, 0) is 24.1 Å². The van der Waals surface area contributed by atoms with E-state index in [0.717, 1.165) is 37.4 Å². The topological polar surface area (TPSA) is 70.7 Å². The highest BCUT2D eigenvalue weighted by Gasteiger charge is 2.52. The summed E-state index contributed by atoms with van der Waals surface area (Å²) < 4.78 is 20.1. The molecule has 0 bridgehead atoms. The van der Waals surface area contributed by atoms with Crippen LogP contribution in [0.25, 0.3) is 0 Å². The number of hydrazine groups is 1. The molecule has 1 fully saturated rings. The van der Waals surface area contributed by atoms with Gasteiger partial charge in [0.05, 0.1) is 12.1 Å². The van der Waals surface area contributed by atoms with E-state index >= 15 is 0 Å². The Balaban J connectivity index is 1.31. The Morgan fingerprint density at radius 1 is 0.946 bits per heavy atom. The van der Waals surface area contributed by atoms with Gasteiger partial charge < -0.3 is 4.74 Å². The summed E-state index contributed by atoms with van der Waals surface area (Å²) in [6.45, 7) is 7.28. The summed E-state index contributed by atoms with van der Waals surface area (Å²) in [5, 5.41) is 0. The number of carbonyl (C=O) groups is 2. The van der Waals surface area contributed by atoms with Gasteiger partial charge in [-0.1, -0.05) is 42.5 Å². The SMILES string of the molecule is Cc1ccc(C(=O)NNC(=O)c2ccc3c(c2)C[C@@]2(CC3)COC(C)(C)N2Cc2ccccc2)cc1F. The number of hydrogen-bond donors (Lipinski definition) is 2. The predicted octanol–water partition coefficient (Wildman–Crippen LogP) is 4.70. The van der Waals surface area contributed by atoms with Crippen LogP contribution in [0.4, 0.5) is 4.39 Å². The van der Waals surface area contributed by atoms with Crippen LogP contribution in [0.5, 0.6) is 0 Å². The molecular weight excluding hydrogens is 469 g/mol. The maximum absolute atomic E-state index is 13.8. The van der Waals surface area contributed by atoms with Gasteiger partial charge in [-0.25, -0.2) is 4.39 Å². The highest BCUT2D eigenvalue weighted by atomic mass is 19.1. The number of ether oxygens (including phenoxy) is 1. The molecule has 2 N–H and O–H groups in total. The lowest BCUT2D eigenvalue weighted by molar-refractivity contribution is -0.0673. The number of carbonyl (C=O) groups excluding carboxylic acids is 2. The number of rotatable bonds is 4. The predicted molar refractivity (Wildman–Crippen MR) is 139 cm³/mol. The van der Waals surface area contributed by atoms with Crippen molar-refractivity contribution < 1.29 is 18.7 Å². The molecule has 1 heterocycles. The van der Waals surface area contributed by atoms with Crippen LogP contribution in [0.15, 0.2) is 66.7 Å². The van der Waals surface area contributed by atoms with Gasteiger partial charge in [0.1, 0.15) is 11.5 Å². The Labute approximate surface area is 216 Å². The van der Waals surface area contributed by atoms with Crippen LogP contribution in [0.2, 0.25) is 0 Å². The minimum Gasteiger partial charge on any atom is -0.359 e. The second-order valence-electron chi connectivity index (χ2n) is 10.6. The third-order valence-corrected chi connectivity index (χ3v) is 7.67. The molecule has 0 aromatic heterocycles. The third kappa shape index (κ3) is 5.02. The Morgan fingerprint density at radius 2 is 1.62 bits per heavy atom. The van der Waals surface area contributed by atoms with E-state index in [1.54, 1.807) is 13.0 Å². The Bertz CT molecular complexity index is 1340. The zero-order valence-electron chi connectivity index (χ0n) is 21.4. The van der Waals surface area contributed by atoms with E-state index in [0.29, 0.717) is 17.7 Å². The summed E-state index contributed by atoms with van der Waals surface area (Å²) in [6.07, 6.45) is 2.65. The monoisotopic (exact) mass is 501 g/mol. The Kier molecular flexibility index (Phi) is 6.60. The first-order chi connectivity index (χ1) is 17.7. The van der Waals surface area contributed by atoms with E-state index < -0.39 is 23.4 Å². The molecule has 192 valence electrons. The van der Waals surface area contributed by atoms with Gasteiger partial charge in [0.25, 0.3) is 11.8 Å². The number of nitrogens with zero attached hydrogens (tertiary/aromatic N) is 1. The summed E-state index contributed by atoms with van der Waals surface area (Å²) >= 11 is 0. The minimum atomic E-state index is -0.578. The molecular formula is C30H32FN3O3. The highest BCUT2D eigenvalue weighted by Crippen LogP contribution is 2.44. The van der Waals surface area contributed by atoms with Crippen molar-refractivity contribution in [2.75, 3.05) is 6.61 Å². The minimum absolute atomic E-state index is 0.137. The fraction of sp³-hybridized carbons (Fsp3) is 0.333. The van der Waals surface area contributed by atoms with E-state index in [2.05, 4.69) is 53.9 Å². The fourth-order valence-electron chi connectivity index (χ4n) is 5.49. The molecule has 1 atom stereocenters. The lowest BCUT2D eigenvalue weighted by Gasteiger charge is -2.45. The van der Waals surface area contributed by atoms with Crippen molar-refractivity contribution in [3.63, 3.8) is 0 Å². The first-order valence-electron chi connectivity index (χ1n) is 12.6. The number of aryl methyl sites for hydroxylation is 2.